The van der Waals surface area contributed by atoms with E-state index in [1.54, 1.807) is 24.3 Å². The molecule has 0 radical (unpaired) electrons. The number of rotatable bonds is 4. The number of phenolic OH excluding ortho intramolecular Hbond substituents is 1. The minimum absolute atomic E-state index is 0.132. The van der Waals surface area contributed by atoms with E-state index in [0.29, 0.717) is 6.42 Å². The zero-order valence-electron chi connectivity index (χ0n) is 13.0. The van der Waals surface area contributed by atoms with Gasteiger partial charge < -0.3 is 15.5 Å². The molecule has 0 heterocycles. The minimum atomic E-state index is -0.987. The van der Waals surface area contributed by atoms with Crippen LogP contribution in [0.25, 0.3) is 0 Å². The number of nitrogens with one attached hydrogen (secondary N) is 1. The third-order valence-corrected chi connectivity index (χ3v) is 4.43. The number of carbonyl (C=O) groups is 1. The van der Waals surface area contributed by atoms with E-state index in [1.165, 1.54) is 0 Å². The maximum Gasteiger partial charge on any atom is 0.224 e. The quantitative estimate of drug-likeness (QED) is 0.811. The molecule has 3 rings (SSSR count). The summed E-state index contributed by atoms with van der Waals surface area (Å²) in [7, 11) is 0. The molecule has 0 fully saturated rings. The van der Waals surface area contributed by atoms with E-state index < -0.39 is 5.60 Å². The molecule has 0 spiro atoms. The van der Waals surface area contributed by atoms with E-state index in [2.05, 4.69) is 5.32 Å². The standard InChI is InChI=1S/C19H21NO3/c21-16-9-7-14(8-10-16)12-18(22)20-13-19(23)11-3-5-15-4-1-2-6-17(15)19/h1-2,4,6-10,21,23H,3,5,11-13H2,(H,20,22). The third-order valence-electron chi connectivity index (χ3n) is 4.43. The normalized spacial score (nSPS) is 19.9. The first-order valence-corrected chi connectivity index (χ1v) is 7.92. The molecule has 4 nitrogen and oxygen atoms in total. The van der Waals surface area contributed by atoms with Crippen LogP contribution >= 0.6 is 0 Å². The van der Waals surface area contributed by atoms with Crippen LogP contribution < -0.4 is 5.32 Å². The molecule has 1 amide bonds. The molecule has 1 atom stereocenters. The summed E-state index contributed by atoms with van der Waals surface area (Å²) < 4.78 is 0. The van der Waals surface area contributed by atoms with Crippen LogP contribution in [0.2, 0.25) is 0 Å². The lowest BCUT2D eigenvalue weighted by molar-refractivity contribution is -0.122. The topological polar surface area (TPSA) is 69.6 Å². The molecule has 0 aromatic heterocycles. The average molecular weight is 311 g/mol. The Hall–Kier alpha value is -2.33. The Kier molecular flexibility index (Phi) is 4.35. The molecule has 1 aliphatic carbocycles. The Morgan fingerprint density at radius 3 is 2.65 bits per heavy atom. The second-order valence-electron chi connectivity index (χ2n) is 6.16. The molecule has 3 N–H and O–H groups in total. The lowest BCUT2D eigenvalue weighted by Crippen LogP contribution is -2.43. The summed E-state index contributed by atoms with van der Waals surface area (Å²) in [5.41, 5.74) is 1.93. The second-order valence-corrected chi connectivity index (χ2v) is 6.16. The molecule has 2 aromatic rings. The summed E-state index contributed by atoms with van der Waals surface area (Å²) in [6, 6.07) is 14.5. The molecule has 1 unspecified atom stereocenters. The van der Waals surface area contributed by atoms with Gasteiger partial charge in [0, 0.05) is 0 Å². The molecule has 2 aromatic carbocycles. The van der Waals surface area contributed by atoms with Crippen molar-refractivity contribution in [3.63, 3.8) is 0 Å². The van der Waals surface area contributed by atoms with Crippen molar-refractivity contribution in [2.45, 2.75) is 31.3 Å². The zero-order valence-corrected chi connectivity index (χ0v) is 13.0. The monoisotopic (exact) mass is 311 g/mol. The van der Waals surface area contributed by atoms with Gasteiger partial charge in [0.15, 0.2) is 0 Å². The lowest BCUT2D eigenvalue weighted by Gasteiger charge is -2.34. The van der Waals surface area contributed by atoms with Crippen molar-refractivity contribution in [2.75, 3.05) is 6.54 Å². The fourth-order valence-electron chi connectivity index (χ4n) is 3.19. The number of benzene rings is 2. The van der Waals surface area contributed by atoms with E-state index >= 15 is 0 Å². The average Bonchev–Trinajstić information content (AvgIpc) is 2.56. The van der Waals surface area contributed by atoms with E-state index in [4.69, 9.17) is 0 Å². The number of amides is 1. The number of aryl methyl sites for hydroxylation is 1. The highest BCUT2D eigenvalue weighted by molar-refractivity contribution is 5.78. The Morgan fingerprint density at radius 2 is 1.87 bits per heavy atom. The summed E-state index contributed by atoms with van der Waals surface area (Å²) in [4.78, 5) is 12.1. The summed E-state index contributed by atoms with van der Waals surface area (Å²) in [5, 5.41) is 23.0. The number of hydrogen-bond acceptors (Lipinski definition) is 3. The van der Waals surface area contributed by atoms with Crippen LogP contribution in [-0.2, 0) is 23.2 Å². The number of aromatic hydroxyl groups is 1. The molecule has 23 heavy (non-hydrogen) atoms. The molecule has 0 aliphatic heterocycles. The van der Waals surface area contributed by atoms with E-state index in [9.17, 15) is 15.0 Å². The van der Waals surface area contributed by atoms with Gasteiger partial charge in [-0.1, -0.05) is 36.4 Å². The summed E-state index contributed by atoms with van der Waals surface area (Å²) in [6.45, 7) is 0.223. The smallest absolute Gasteiger partial charge is 0.224 e. The molecule has 120 valence electrons. The van der Waals surface area contributed by atoms with Gasteiger partial charge in [0.1, 0.15) is 11.4 Å². The maximum absolute atomic E-state index is 12.1. The Balaban J connectivity index is 1.64. The Bertz CT molecular complexity index is 696. The molecule has 4 heteroatoms. The number of hydrogen-bond donors (Lipinski definition) is 3. The van der Waals surface area contributed by atoms with Crippen molar-refractivity contribution < 1.29 is 15.0 Å². The first-order chi connectivity index (χ1) is 11.1. The van der Waals surface area contributed by atoms with Gasteiger partial charge in [0.2, 0.25) is 5.91 Å². The molecular weight excluding hydrogens is 290 g/mol. The van der Waals surface area contributed by atoms with Crippen LogP contribution in [0.5, 0.6) is 5.75 Å². The number of phenols is 1. The Morgan fingerprint density at radius 1 is 1.13 bits per heavy atom. The number of aliphatic hydroxyl groups is 1. The van der Waals surface area contributed by atoms with Crippen molar-refractivity contribution in [1.82, 2.24) is 5.32 Å². The molecule has 0 saturated carbocycles. The van der Waals surface area contributed by atoms with Crippen molar-refractivity contribution >= 4 is 5.91 Å². The molecule has 1 aliphatic rings. The van der Waals surface area contributed by atoms with Crippen LogP contribution in [0.15, 0.2) is 48.5 Å². The third kappa shape index (κ3) is 3.54. The predicted octanol–water partition coefficient (Wildman–Crippen LogP) is 2.28. The van der Waals surface area contributed by atoms with Crippen LogP contribution in [0.1, 0.15) is 29.5 Å². The highest BCUT2D eigenvalue weighted by atomic mass is 16.3. The van der Waals surface area contributed by atoms with Crippen molar-refractivity contribution in [3.8, 4) is 5.75 Å². The van der Waals surface area contributed by atoms with E-state index in [0.717, 1.165) is 29.5 Å². The van der Waals surface area contributed by atoms with Gasteiger partial charge in [0.05, 0.1) is 13.0 Å². The number of fused-ring (bicyclic) bond motifs is 1. The number of carbonyl (C=O) groups excluding carboxylic acids is 1. The fourth-order valence-corrected chi connectivity index (χ4v) is 3.19. The van der Waals surface area contributed by atoms with Crippen LogP contribution in [-0.4, -0.2) is 22.7 Å². The minimum Gasteiger partial charge on any atom is -0.508 e. The van der Waals surface area contributed by atoms with Crippen LogP contribution in [0.4, 0.5) is 0 Å². The van der Waals surface area contributed by atoms with Gasteiger partial charge in [-0.25, -0.2) is 0 Å². The molecule has 0 bridgehead atoms. The van der Waals surface area contributed by atoms with Crippen LogP contribution in [0, 0.1) is 0 Å². The Labute approximate surface area is 135 Å². The van der Waals surface area contributed by atoms with Gasteiger partial charge in [-0.05, 0) is 48.1 Å². The second kappa shape index (κ2) is 6.42. The summed E-state index contributed by atoms with van der Waals surface area (Å²) >= 11 is 0. The van der Waals surface area contributed by atoms with Gasteiger partial charge >= 0.3 is 0 Å². The molecular formula is C19H21NO3. The zero-order chi connectivity index (χ0) is 16.3. The first kappa shape index (κ1) is 15.6. The molecule has 0 saturated heterocycles. The summed E-state index contributed by atoms with van der Waals surface area (Å²) in [6.07, 6.45) is 2.78. The van der Waals surface area contributed by atoms with E-state index in [1.807, 2.05) is 24.3 Å². The van der Waals surface area contributed by atoms with Crippen molar-refractivity contribution in [1.29, 1.82) is 0 Å². The van der Waals surface area contributed by atoms with E-state index in [-0.39, 0.29) is 24.6 Å². The predicted molar refractivity (Wildman–Crippen MR) is 88.1 cm³/mol. The van der Waals surface area contributed by atoms with Gasteiger partial charge in [0.25, 0.3) is 0 Å². The van der Waals surface area contributed by atoms with Gasteiger partial charge in [-0.15, -0.1) is 0 Å². The van der Waals surface area contributed by atoms with Crippen molar-refractivity contribution in [2.24, 2.45) is 0 Å². The SMILES string of the molecule is O=C(Cc1ccc(O)cc1)NCC1(O)CCCc2ccccc21. The lowest BCUT2D eigenvalue weighted by atomic mass is 9.79. The first-order valence-electron chi connectivity index (χ1n) is 7.92. The largest absolute Gasteiger partial charge is 0.508 e. The maximum atomic E-state index is 12.1. The van der Waals surface area contributed by atoms with Gasteiger partial charge in [-0.3, -0.25) is 4.79 Å². The highest BCUT2D eigenvalue weighted by Crippen LogP contribution is 2.34. The highest BCUT2D eigenvalue weighted by Gasteiger charge is 2.34. The van der Waals surface area contributed by atoms with Crippen molar-refractivity contribution in [3.05, 3.63) is 65.2 Å². The van der Waals surface area contributed by atoms with Gasteiger partial charge in [-0.2, -0.15) is 0 Å². The van der Waals surface area contributed by atoms with Crippen LogP contribution in [0.3, 0.4) is 0 Å². The fraction of sp³-hybridized carbons (Fsp3) is 0.316. The summed E-state index contributed by atoms with van der Waals surface area (Å²) in [5.74, 6) is 0.0504.